The highest BCUT2D eigenvalue weighted by molar-refractivity contribution is 5.81. The van der Waals surface area contributed by atoms with E-state index in [-0.39, 0.29) is 11.3 Å². The van der Waals surface area contributed by atoms with Gasteiger partial charge in [0, 0.05) is 13.6 Å². The maximum atomic E-state index is 11.6. The Morgan fingerprint density at radius 3 is 1.81 bits per heavy atom. The van der Waals surface area contributed by atoms with Crippen LogP contribution in [0, 0.1) is 5.41 Å². The van der Waals surface area contributed by atoms with Crippen molar-refractivity contribution in [3.63, 3.8) is 0 Å². The fourth-order valence-corrected chi connectivity index (χ4v) is 2.56. The Kier molecular flexibility index (Phi) is 12.8. The lowest BCUT2D eigenvalue weighted by atomic mass is 9.92. The van der Waals surface area contributed by atoms with Gasteiger partial charge in [0.25, 0.3) is 0 Å². The summed E-state index contributed by atoms with van der Waals surface area (Å²) in [6.07, 6.45) is 13.7. The monoisotopic (exact) mass is 298 g/mol. The molecule has 0 radical (unpaired) electrons. The average Bonchev–Trinajstić information content (AvgIpc) is 2.47. The first-order chi connectivity index (χ1) is 10.0. The number of unbranched alkanes of at least 4 members (excludes halogenated alkanes) is 9. The van der Waals surface area contributed by atoms with E-state index in [4.69, 9.17) is 0 Å². The number of amides is 1. The minimum Gasteiger partial charge on any atom is -0.359 e. The average molecular weight is 299 g/mol. The van der Waals surface area contributed by atoms with Crippen LogP contribution in [0.2, 0.25) is 0 Å². The highest BCUT2D eigenvalue weighted by Gasteiger charge is 2.25. The molecule has 0 aromatic carbocycles. The van der Waals surface area contributed by atoms with Crippen molar-refractivity contribution < 1.29 is 4.79 Å². The molecule has 0 saturated heterocycles. The smallest absolute Gasteiger partial charge is 0.226 e. The van der Waals surface area contributed by atoms with Crippen molar-refractivity contribution in [3.8, 4) is 0 Å². The second-order valence-corrected chi connectivity index (χ2v) is 6.82. The van der Waals surface area contributed by atoms with Gasteiger partial charge in [0.1, 0.15) is 0 Å². The van der Waals surface area contributed by atoms with Crippen molar-refractivity contribution in [2.24, 2.45) is 5.41 Å². The van der Waals surface area contributed by atoms with E-state index in [0.717, 1.165) is 13.1 Å². The van der Waals surface area contributed by atoms with Gasteiger partial charge in [0.15, 0.2) is 0 Å². The summed E-state index contributed by atoms with van der Waals surface area (Å²) >= 11 is 0. The molecule has 0 fully saturated rings. The lowest BCUT2D eigenvalue weighted by Gasteiger charge is -2.22. The molecule has 0 aliphatic carbocycles. The molecule has 0 bridgehead atoms. The van der Waals surface area contributed by atoms with Crippen molar-refractivity contribution in [3.05, 3.63) is 0 Å². The van der Waals surface area contributed by atoms with Crippen LogP contribution in [0.25, 0.3) is 0 Å². The summed E-state index contributed by atoms with van der Waals surface area (Å²) in [5.74, 6) is 0.109. The molecule has 3 nitrogen and oxygen atoms in total. The summed E-state index contributed by atoms with van der Waals surface area (Å²) in [6, 6.07) is 0. The first kappa shape index (κ1) is 20.4. The van der Waals surface area contributed by atoms with Crippen LogP contribution < -0.4 is 10.6 Å². The molecular formula is C18H38N2O. The van der Waals surface area contributed by atoms with Crippen molar-refractivity contribution in [1.82, 2.24) is 10.6 Å². The number of nitrogens with one attached hydrogen (secondary N) is 2. The topological polar surface area (TPSA) is 41.1 Å². The molecule has 0 spiro atoms. The Bertz CT molecular complexity index is 252. The van der Waals surface area contributed by atoms with Gasteiger partial charge >= 0.3 is 0 Å². The third-order valence-electron chi connectivity index (χ3n) is 4.12. The van der Waals surface area contributed by atoms with Crippen LogP contribution in [0.4, 0.5) is 0 Å². The summed E-state index contributed by atoms with van der Waals surface area (Å²) in [7, 11) is 1.70. The standard InChI is InChI=1S/C18H38N2O/c1-5-6-7-8-9-10-11-12-13-14-15-20-16-18(2,3)17(21)19-4/h20H,5-16H2,1-4H3,(H,19,21). The van der Waals surface area contributed by atoms with Gasteiger partial charge in [-0.05, 0) is 26.8 Å². The first-order valence-corrected chi connectivity index (χ1v) is 8.97. The highest BCUT2D eigenvalue weighted by atomic mass is 16.2. The lowest BCUT2D eigenvalue weighted by molar-refractivity contribution is -0.128. The summed E-state index contributed by atoms with van der Waals surface area (Å²) < 4.78 is 0. The summed E-state index contributed by atoms with van der Waals surface area (Å²) in [6.45, 7) is 8.01. The first-order valence-electron chi connectivity index (χ1n) is 8.97. The predicted molar refractivity (Wildman–Crippen MR) is 92.6 cm³/mol. The van der Waals surface area contributed by atoms with Gasteiger partial charge in [-0.2, -0.15) is 0 Å². The van der Waals surface area contributed by atoms with Crippen LogP contribution in [-0.4, -0.2) is 26.0 Å². The highest BCUT2D eigenvalue weighted by Crippen LogP contribution is 2.13. The predicted octanol–water partition coefficient (Wildman–Crippen LogP) is 4.27. The molecule has 0 aliphatic rings. The minimum atomic E-state index is -0.312. The van der Waals surface area contributed by atoms with Crippen molar-refractivity contribution >= 4 is 5.91 Å². The van der Waals surface area contributed by atoms with E-state index in [2.05, 4.69) is 17.6 Å². The fourth-order valence-electron chi connectivity index (χ4n) is 2.56. The van der Waals surface area contributed by atoms with E-state index >= 15 is 0 Å². The summed E-state index contributed by atoms with van der Waals surface area (Å²) in [5.41, 5.74) is -0.312. The van der Waals surface area contributed by atoms with E-state index in [1.165, 1.54) is 64.2 Å². The van der Waals surface area contributed by atoms with Gasteiger partial charge in [-0.1, -0.05) is 64.7 Å². The van der Waals surface area contributed by atoms with Crippen LogP contribution in [0.3, 0.4) is 0 Å². The maximum Gasteiger partial charge on any atom is 0.226 e. The zero-order valence-electron chi connectivity index (χ0n) is 14.9. The molecule has 0 rings (SSSR count). The van der Waals surface area contributed by atoms with E-state index in [0.29, 0.717) is 0 Å². The molecule has 0 aromatic heterocycles. The molecule has 3 heteroatoms. The fraction of sp³-hybridized carbons (Fsp3) is 0.944. The van der Waals surface area contributed by atoms with E-state index in [1.54, 1.807) is 7.05 Å². The number of carbonyl (C=O) groups is 1. The Hall–Kier alpha value is -0.570. The zero-order chi connectivity index (χ0) is 16.0. The van der Waals surface area contributed by atoms with Gasteiger partial charge in [-0.25, -0.2) is 0 Å². The normalized spacial score (nSPS) is 11.6. The summed E-state index contributed by atoms with van der Waals surface area (Å²) in [5, 5.41) is 6.12. The number of hydrogen-bond donors (Lipinski definition) is 2. The van der Waals surface area contributed by atoms with E-state index in [9.17, 15) is 4.79 Å². The van der Waals surface area contributed by atoms with Gasteiger partial charge < -0.3 is 10.6 Å². The van der Waals surface area contributed by atoms with E-state index < -0.39 is 0 Å². The SMILES string of the molecule is CCCCCCCCCCCCNCC(C)(C)C(=O)NC. The van der Waals surface area contributed by atoms with Gasteiger partial charge in [0.2, 0.25) is 5.91 Å². The van der Waals surface area contributed by atoms with E-state index in [1.807, 2.05) is 13.8 Å². The van der Waals surface area contributed by atoms with Crippen LogP contribution in [-0.2, 0) is 4.79 Å². The second kappa shape index (κ2) is 13.1. The lowest BCUT2D eigenvalue weighted by Crippen LogP contribution is -2.42. The van der Waals surface area contributed by atoms with Gasteiger partial charge in [-0.15, -0.1) is 0 Å². The van der Waals surface area contributed by atoms with Crippen LogP contribution in [0.1, 0.15) is 85.0 Å². The second-order valence-electron chi connectivity index (χ2n) is 6.82. The summed E-state index contributed by atoms with van der Waals surface area (Å²) in [4.78, 5) is 11.6. The molecule has 0 heterocycles. The molecule has 0 unspecified atom stereocenters. The van der Waals surface area contributed by atoms with Crippen molar-refractivity contribution in [2.45, 2.75) is 85.0 Å². The third kappa shape index (κ3) is 11.7. The molecule has 0 atom stereocenters. The van der Waals surface area contributed by atoms with Crippen molar-refractivity contribution in [2.75, 3.05) is 20.1 Å². The Balaban J connectivity index is 3.28. The molecule has 2 N–H and O–H groups in total. The quantitative estimate of drug-likeness (QED) is 0.470. The molecule has 0 aromatic rings. The minimum absolute atomic E-state index is 0.109. The molecule has 0 aliphatic heterocycles. The Morgan fingerprint density at radius 2 is 1.33 bits per heavy atom. The molecule has 21 heavy (non-hydrogen) atoms. The van der Waals surface area contributed by atoms with Crippen LogP contribution in [0.15, 0.2) is 0 Å². The number of carbonyl (C=O) groups excluding carboxylic acids is 1. The molecular weight excluding hydrogens is 260 g/mol. The third-order valence-corrected chi connectivity index (χ3v) is 4.12. The Morgan fingerprint density at radius 1 is 0.857 bits per heavy atom. The van der Waals surface area contributed by atoms with Gasteiger partial charge in [-0.3, -0.25) is 4.79 Å². The molecule has 126 valence electrons. The largest absolute Gasteiger partial charge is 0.359 e. The number of rotatable bonds is 14. The van der Waals surface area contributed by atoms with Crippen LogP contribution in [0.5, 0.6) is 0 Å². The van der Waals surface area contributed by atoms with Crippen LogP contribution >= 0.6 is 0 Å². The maximum absolute atomic E-state index is 11.6. The molecule has 0 saturated carbocycles. The number of hydrogen-bond acceptors (Lipinski definition) is 2. The van der Waals surface area contributed by atoms with Gasteiger partial charge in [0.05, 0.1) is 5.41 Å². The Labute approximate surface area is 132 Å². The zero-order valence-corrected chi connectivity index (χ0v) is 14.9. The molecule has 1 amide bonds. The van der Waals surface area contributed by atoms with Crippen molar-refractivity contribution in [1.29, 1.82) is 0 Å².